The van der Waals surface area contributed by atoms with Crippen molar-refractivity contribution < 1.29 is 23.5 Å². The second kappa shape index (κ2) is 9.18. The number of rotatable bonds is 5. The van der Waals surface area contributed by atoms with E-state index in [0.717, 1.165) is 0 Å². The zero-order chi connectivity index (χ0) is 22.7. The number of nitrogens with zero attached hydrogens (tertiary/aromatic N) is 4. The van der Waals surface area contributed by atoms with E-state index < -0.39 is 24.0 Å². The number of cyclic esters (lactones) is 1. The largest absolute Gasteiger partial charge is 0.458 e. The molecule has 1 saturated heterocycles. The molecule has 4 rings (SSSR count). The third kappa shape index (κ3) is 4.62. The third-order valence-electron chi connectivity index (χ3n) is 4.97. The van der Waals surface area contributed by atoms with Crippen LogP contribution in [0.4, 0.5) is 20.6 Å². The van der Waals surface area contributed by atoms with Gasteiger partial charge in [-0.15, -0.1) is 0 Å². The average molecular weight is 457 g/mol. The molecule has 2 aliphatic rings. The highest BCUT2D eigenvalue weighted by Crippen LogP contribution is 2.28. The zero-order valence-electron chi connectivity index (χ0n) is 16.9. The van der Waals surface area contributed by atoms with Gasteiger partial charge in [0.05, 0.1) is 30.0 Å². The molecule has 0 aromatic heterocycles. The lowest BCUT2D eigenvalue weighted by atomic mass is 10.2. The number of benzene rings is 2. The summed E-state index contributed by atoms with van der Waals surface area (Å²) < 4.78 is 25.3. The minimum absolute atomic E-state index is 0.0969. The van der Waals surface area contributed by atoms with Crippen LogP contribution in [0.15, 0.2) is 53.6 Å². The number of hydrogen-bond donors (Lipinski definition) is 1. The molecular weight excluding hydrogens is 437 g/mol. The summed E-state index contributed by atoms with van der Waals surface area (Å²) in [7, 11) is 0. The second-order valence-electron chi connectivity index (χ2n) is 7.10. The number of carbonyl (C=O) groups excluding carboxylic acids is 2. The number of carbonyl (C=O) groups is 2. The van der Waals surface area contributed by atoms with Gasteiger partial charge in [0.25, 0.3) is 0 Å². The molecule has 0 aliphatic carbocycles. The SMILES string of the molecule is NC(=S)N1CCN(c2ccc(N3C[C@H](COC(=O)c4ccccc4)OC3=O)cc2F)C=N1. The van der Waals surface area contributed by atoms with Crippen molar-refractivity contribution in [2.45, 2.75) is 6.10 Å². The van der Waals surface area contributed by atoms with E-state index in [1.54, 1.807) is 47.4 Å². The number of hydrazone groups is 1. The summed E-state index contributed by atoms with van der Waals surface area (Å²) in [4.78, 5) is 27.3. The molecule has 2 aromatic carbocycles. The van der Waals surface area contributed by atoms with Crippen molar-refractivity contribution in [1.82, 2.24) is 5.01 Å². The molecule has 0 bridgehead atoms. The van der Waals surface area contributed by atoms with Crippen molar-refractivity contribution >= 4 is 47.1 Å². The van der Waals surface area contributed by atoms with Crippen molar-refractivity contribution in [3.63, 3.8) is 0 Å². The van der Waals surface area contributed by atoms with Gasteiger partial charge in [0.15, 0.2) is 11.2 Å². The van der Waals surface area contributed by atoms with Crippen LogP contribution in [0, 0.1) is 5.82 Å². The van der Waals surface area contributed by atoms with Crippen LogP contribution in [0.25, 0.3) is 0 Å². The van der Waals surface area contributed by atoms with Crippen molar-refractivity contribution in [3.8, 4) is 0 Å². The smallest absolute Gasteiger partial charge is 0.414 e. The lowest BCUT2D eigenvalue weighted by Gasteiger charge is -2.29. The molecule has 2 N–H and O–H groups in total. The molecule has 2 aromatic rings. The zero-order valence-corrected chi connectivity index (χ0v) is 17.7. The lowest BCUT2D eigenvalue weighted by molar-refractivity contribution is 0.0300. The maximum atomic E-state index is 14.8. The Bertz CT molecular complexity index is 1070. The van der Waals surface area contributed by atoms with E-state index in [4.69, 9.17) is 27.4 Å². The first-order valence-corrected chi connectivity index (χ1v) is 10.2. The molecule has 32 heavy (non-hydrogen) atoms. The van der Waals surface area contributed by atoms with Gasteiger partial charge in [0, 0.05) is 6.54 Å². The van der Waals surface area contributed by atoms with E-state index in [1.807, 2.05) is 0 Å². The minimum atomic E-state index is -0.654. The Morgan fingerprint density at radius 3 is 2.69 bits per heavy atom. The molecule has 9 nitrogen and oxygen atoms in total. The highest BCUT2D eigenvalue weighted by molar-refractivity contribution is 7.80. The molecular formula is C21H20FN5O4S. The molecule has 2 heterocycles. The summed E-state index contributed by atoms with van der Waals surface area (Å²) in [6, 6.07) is 12.9. The van der Waals surface area contributed by atoms with Crippen LogP contribution in [0.1, 0.15) is 10.4 Å². The van der Waals surface area contributed by atoms with Crippen LogP contribution in [0.3, 0.4) is 0 Å². The van der Waals surface area contributed by atoms with Gasteiger partial charge in [-0.25, -0.2) is 19.0 Å². The van der Waals surface area contributed by atoms with Gasteiger partial charge in [0.1, 0.15) is 18.8 Å². The van der Waals surface area contributed by atoms with Gasteiger partial charge in [-0.2, -0.15) is 5.10 Å². The number of anilines is 2. The number of amides is 1. The van der Waals surface area contributed by atoms with Crippen LogP contribution >= 0.6 is 12.2 Å². The number of ether oxygens (including phenoxy) is 2. The predicted octanol–water partition coefficient (Wildman–Crippen LogP) is 2.32. The summed E-state index contributed by atoms with van der Waals surface area (Å²) in [5.74, 6) is -1.03. The van der Waals surface area contributed by atoms with E-state index in [2.05, 4.69) is 5.10 Å². The summed E-state index contributed by atoms with van der Waals surface area (Å²) in [5.41, 5.74) is 6.59. The summed E-state index contributed by atoms with van der Waals surface area (Å²) >= 11 is 4.87. The number of halogens is 1. The highest BCUT2D eigenvalue weighted by atomic mass is 32.1. The fourth-order valence-corrected chi connectivity index (χ4v) is 3.47. The van der Waals surface area contributed by atoms with E-state index in [-0.39, 0.29) is 18.3 Å². The molecule has 1 fully saturated rings. The van der Waals surface area contributed by atoms with Gasteiger partial charge in [-0.05, 0) is 42.5 Å². The van der Waals surface area contributed by atoms with Crippen LogP contribution in [-0.4, -0.2) is 60.9 Å². The number of nitrogens with two attached hydrogens (primary N) is 1. The molecule has 2 aliphatic heterocycles. The van der Waals surface area contributed by atoms with Crippen LogP contribution in [-0.2, 0) is 9.47 Å². The van der Waals surface area contributed by atoms with Crippen molar-refractivity contribution in [2.24, 2.45) is 10.8 Å². The number of esters is 1. The first kappa shape index (κ1) is 21.5. The van der Waals surface area contributed by atoms with E-state index >= 15 is 0 Å². The Labute approximate surface area is 188 Å². The number of hydrogen-bond acceptors (Lipinski definition) is 7. The van der Waals surface area contributed by atoms with Crippen LogP contribution < -0.4 is 15.5 Å². The minimum Gasteiger partial charge on any atom is -0.458 e. The van der Waals surface area contributed by atoms with Crippen molar-refractivity contribution in [2.75, 3.05) is 36.0 Å². The maximum Gasteiger partial charge on any atom is 0.414 e. The maximum absolute atomic E-state index is 14.8. The first-order chi connectivity index (χ1) is 15.4. The predicted molar refractivity (Wildman–Crippen MR) is 120 cm³/mol. The van der Waals surface area contributed by atoms with Gasteiger partial charge >= 0.3 is 12.1 Å². The Hall–Kier alpha value is -3.73. The van der Waals surface area contributed by atoms with Gasteiger partial charge < -0.3 is 20.1 Å². The molecule has 166 valence electrons. The molecule has 1 atom stereocenters. The Morgan fingerprint density at radius 2 is 2.03 bits per heavy atom. The molecule has 0 unspecified atom stereocenters. The quantitative estimate of drug-likeness (QED) is 0.539. The van der Waals surface area contributed by atoms with Gasteiger partial charge in [0.2, 0.25) is 0 Å². The Kier molecular flexibility index (Phi) is 6.17. The summed E-state index contributed by atoms with van der Waals surface area (Å²) in [5, 5.41) is 5.68. The monoisotopic (exact) mass is 457 g/mol. The van der Waals surface area contributed by atoms with E-state index in [0.29, 0.717) is 30.0 Å². The molecule has 11 heteroatoms. The summed E-state index contributed by atoms with van der Waals surface area (Å²) in [6.07, 6.45) is 0.157. The topological polar surface area (TPSA) is 101 Å². The molecule has 1 amide bonds. The average Bonchev–Trinajstić information content (AvgIpc) is 3.18. The Morgan fingerprint density at radius 1 is 1.25 bits per heavy atom. The summed E-state index contributed by atoms with van der Waals surface area (Å²) in [6.45, 7) is 0.903. The lowest BCUT2D eigenvalue weighted by Crippen LogP contribution is -2.43. The Balaban J connectivity index is 1.38. The van der Waals surface area contributed by atoms with E-state index in [9.17, 15) is 14.0 Å². The second-order valence-corrected chi connectivity index (χ2v) is 7.52. The van der Waals surface area contributed by atoms with Crippen molar-refractivity contribution in [1.29, 1.82) is 0 Å². The highest BCUT2D eigenvalue weighted by Gasteiger charge is 2.34. The normalized spacial score (nSPS) is 18.0. The fraction of sp³-hybridized carbons (Fsp3) is 0.238. The first-order valence-electron chi connectivity index (χ1n) is 9.80. The molecule has 0 saturated carbocycles. The molecule has 0 radical (unpaired) electrons. The standard InChI is InChI=1S/C21H20FN5O4S/c22-17-10-15(6-7-18(17)25-8-9-27(20(23)32)24-13-25)26-11-16(31-21(26)29)12-30-19(28)14-4-2-1-3-5-14/h1-7,10,13,16H,8-9,11-12H2,(H2,23,32)/t16-/m1/s1. The van der Waals surface area contributed by atoms with Crippen molar-refractivity contribution in [3.05, 3.63) is 59.9 Å². The van der Waals surface area contributed by atoms with Crippen LogP contribution in [0.2, 0.25) is 0 Å². The van der Waals surface area contributed by atoms with Crippen LogP contribution in [0.5, 0.6) is 0 Å². The molecule has 0 spiro atoms. The fourth-order valence-electron chi connectivity index (χ4n) is 3.33. The van der Waals surface area contributed by atoms with Gasteiger partial charge in [-0.1, -0.05) is 18.2 Å². The van der Waals surface area contributed by atoms with Gasteiger partial charge in [-0.3, -0.25) is 4.90 Å². The number of thiocarbonyl (C=S) groups is 1. The third-order valence-corrected chi connectivity index (χ3v) is 5.18. The van der Waals surface area contributed by atoms with E-state index in [1.165, 1.54) is 22.3 Å².